The van der Waals surface area contributed by atoms with E-state index in [-0.39, 0.29) is 27.9 Å². The number of carbonyl (C=O) groups is 1. The van der Waals surface area contributed by atoms with E-state index >= 15 is 0 Å². The summed E-state index contributed by atoms with van der Waals surface area (Å²) >= 11 is 0. The van der Waals surface area contributed by atoms with E-state index in [1.54, 1.807) is 0 Å². The first-order valence-electron chi connectivity index (χ1n) is 12.2. The molecule has 3 nitrogen and oxygen atoms in total. The molecule has 0 amide bonds. The molecule has 5 saturated carbocycles. The lowest BCUT2D eigenvalue weighted by Gasteiger charge is -2.61. The summed E-state index contributed by atoms with van der Waals surface area (Å²) in [7, 11) is 0. The van der Waals surface area contributed by atoms with Crippen LogP contribution >= 0.6 is 0 Å². The third kappa shape index (κ3) is 1.84. The first-order chi connectivity index (χ1) is 13.3. The van der Waals surface area contributed by atoms with Gasteiger partial charge in [-0.05, 0) is 87.4 Å². The Balaban J connectivity index is 1.40. The smallest absolute Gasteiger partial charge is 0.136 e. The van der Waals surface area contributed by atoms with E-state index in [1.807, 2.05) is 6.92 Å². The van der Waals surface area contributed by atoms with Gasteiger partial charge in [0.1, 0.15) is 11.4 Å². The minimum absolute atomic E-state index is 0.0246. The Morgan fingerprint density at radius 1 is 0.964 bits per heavy atom. The predicted octanol–water partition coefficient (Wildman–Crippen LogP) is 4.90. The molecule has 6 rings (SSSR count). The topological polar surface area (TPSA) is 49.8 Å². The average molecular weight is 387 g/mol. The first-order valence-corrected chi connectivity index (χ1v) is 12.2. The van der Waals surface area contributed by atoms with Gasteiger partial charge in [0.05, 0.1) is 12.2 Å². The highest BCUT2D eigenvalue weighted by Crippen LogP contribution is 2.77. The van der Waals surface area contributed by atoms with Crippen LogP contribution in [0.3, 0.4) is 0 Å². The number of epoxide rings is 1. The Labute approximate surface area is 170 Å². The summed E-state index contributed by atoms with van der Waals surface area (Å²) in [5.41, 5.74) is 0.371. The fourth-order valence-corrected chi connectivity index (χ4v) is 10.5. The van der Waals surface area contributed by atoms with Gasteiger partial charge in [0.2, 0.25) is 0 Å². The summed E-state index contributed by atoms with van der Waals surface area (Å²) in [6.45, 7) is 6.93. The van der Waals surface area contributed by atoms with Crippen molar-refractivity contribution >= 4 is 5.78 Å². The second-order valence-corrected chi connectivity index (χ2v) is 12.1. The second kappa shape index (κ2) is 5.44. The van der Waals surface area contributed by atoms with Gasteiger partial charge in [-0.1, -0.05) is 26.7 Å². The molecule has 3 heteroatoms. The molecule has 0 aromatic heterocycles. The van der Waals surface area contributed by atoms with Crippen LogP contribution in [0.2, 0.25) is 0 Å². The number of Topliss-reactive ketones (excluding diaryl/α,β-unsaturated/α-hetero) is 1. The van der Waals surface area contributed by atoms with Crippen LogP contribution in [-0.4, -0.2) is 28.7 Å². The van der Waals surface area contributed by atoms with Gasteiger partial charge in [-0.25, -0.2) is 0 Å². The number of rotatable bonds is 1. The van der Waals surface area contributed by atoms with Crippen LogP contribution in [0, 0.1) is 39.9 Å². The molecule has 6 fully saturated rings. The molecule has 1 N–H and O–H groups in total. The molecule has 0 unspecified atom stereocenters. The van der Waals surface area contributed by atoms with Gasteiger partial charge in [-0.15, -0.1) is 0 Å². The van der Waals surface area contributed by atoms with E-state index in [2.05, 4.69) is 13.8 Å². The highest BCUT2D eigenvalue weighted by atomic mass is 16.6. The van der Waals surface area contributed by atoms with Crippen LogP contribution in [0.25, 0.3) is 0 Å². The molecule has 0 radical (unpaired) electrons. The van der Waals surface area contributed by atoms with Crippen molar-refractivity contribution in [1.29, 1.82) is 0 Å². The van der Waals surface area contributed by atoms with Crippen molar-refractivity contribution < 1.29 is 14.6 Å². The minimum Gasteiger partial charge on any atom is -0.393 e. The Morgan fingerprint density at radius 2 is 1.75 bits per heavy atom. The lowest BCUT2D eigenvalue weighted by Crippen LogP contribution is -2.60. The Kier molecular flexibility index (Phi) is 3.57. The van der Waals surface area contributed by atoms with Gasteiger partial charge >= 0.3 is 0 Å². The number of hydrogen-bond donors (Lipinski definition) is 1. The van der Waals surface area contributed by atoms with E-state index < -0.39 is 0 Å². The minimum atomic E-state index is -0.168. The number of aliphatic hydroxyl groups excluding tert-OH is 1. The van der Waals surface area contributed by atoms with Gasteiger partial charge in [0, 0.05) is 17.3 Å². The third-order valence-corrected chi connectivity index (χ3v) is 11.7. The summed E-state index contributed by atoms with van der Waals surface area (Å²) in [6.07, 6.45) is 13.1. The number of aliphatic hydroxyl groups is 1. The van der Waals surface area contributed by atoms with Crippen molar-refractivity contribution in [2.45, 2.75) is 109 Å². The van der Waals surface area contributed by atoms with Crippen molar-refractivity contribution in [1.82, 2.24) is 0 Å². The van der Waals surface area contributed by atoms with E-state index in [9.17, 15) is 9.90 Å². The standard InChI is InChI=1S/C25H38O3/c1-15(26)24-9-5-4-6-16(24)12-20-18-13-21-25(28-21)14-17(27)7-10-23(25,3)19(18)8-11-22(20,24)2/h16-21,27H,4-14H2,1-3H3/t16-,17-,18+,19-,20-,21+,22-,23+,24-,25+/m0/s1. The van der Waals surface area contributed by atoms with Gasteiger partial charge in [0.25, 0.3) is 0 Å². The maximum absolute atomic E-state index is 13.2. The van der Waals surface area contributed by atoms with Crippen molar-refractivity contribution in [2.24, 2.45) is 39.9 Å². The van der Waals surface area contributed by atoms with Crippen LogP contribution in [0.1, 0.15) is 91.4 Å². The fraction of sp³-hybridized carbons (Fsp3) is 0.960. The van der Waals surface area contributed by atoms with Crippen molar-refractivity contribution in [3.05, 3.63) is 0 Å². The molecule has 5 aliphatic carbocycles. The molecular weight excluding hydrogens is 348 g/mol. The Bertz CT molecular complexity index is 719. The highest BCUT2D eigenvalue weighted by molar-refractivity contribution is 5.84. The quantitative estimate of drug-likeness (QED) is 0.652. The lowest BCUT2D eigenvalue weighted by atomic mass is 9.42. The van der Waals surface area contributed by atoms with Crippen molar-refractivity contribution in [3.63, 3.8) is 0 Å². The lowest BCUT2D eigenvalue weighted by molar-refractivity contribution is -0.154. The number of ether oxygens (including phenoxy) is 1. The second-order valence-electron chi connectivity index (χ2n) is 12.1. The van der Waals surface area contributed by atoms with E-state index in [4.69, 9.17) is 4.74 Å². The molecule has 28 heavy (non-hydrogen) atoms. The van der Waals surface area contributed by atoms with Gasteiger partial charge in [-0.3, -0.25) is 4.79 Å². The van der Waals surface area contributed by atoms with Crippen LogP contribution < -0.4 is 0 Å². The highest BCUT2D eigenvalue weighted by Gasteiger charge is 2.77. The number of carbonyl (C=O) groups excluding carboxylic acids is 1. The molecule has 1 aliphatic heterocycles. The zero-order chi connectivity index (χ0) is 19.5. The molecule has 1 saturated heterocycles. The summed E-state index contributed by atoms with van der Waals surface area (Å²) < 4.78 is 6.48. The average Bonchev–Trinajstić information content (AvgIpc) is 3.27. The largest absolute Gasteiger partial charge is 0.393 e. The van der Waals surface area contributed by atoms with E-state index in [0.29, 0.717) is 23.7 Å². The Hall–Kier alpha value is -0.410. The summed E-state index contributed by atoms with van der Waals surface area (Å²) in [4.78, 5) is 13.2. The van der Waals surface area contributed by atoms with Crippen LogP contribution in [-0.2, 0) is 9.53 Å². The third-order valence-electron chi connectivity index (χ3n) is 11.7. The zero-order valence-corrected chi connectivity index (χ0v) is 18.0. The predicted molar refractivity (Wildman–Crippen MR) is 108 cm³/mol. The van der Waals surface area contributed by atoms with Crippen LogP contribution in [0.4, 0.5) is 0 Å². The SMILES string of the molecule is CC(=O)[C@@]12CCCC[C@H]1C[C@H]1[C@@H]3C[C@H]4O[C@]45C[C@@H](O)CC[C@]5(C)[C@H]3CC[C@@]12C. The first kappa shape index (κ1) is 18.4. The monoisotopic (exact) mass is 386 g/mol. The van der Waals surface area contributed by atoms with Gasteiger partial charge in [0.15, 0.2) is 0 Å². The maximum atomic E-state index is 13.2. The molecule has 6 aliphatic rings. The normalized spacial score (nSPS) is 62.0. The fourth-order valence-electron chi connectivity index (χ4n) is 10.5. The number of hydrogen-bond acceptors (Lipinski definition) is 3. The molecule has 1 spiro atoms. The summed E-state index contributed by atoms with van der Waals surface area (Å²) in [6, 6.07) is 0. The molecule has 0 bridgehead atoms. The Morgan fingerprint density at radius 3 is 2.54 bits per heavy atom. The van der Waals surface area contributed by atoms with Crippen molar-refractivity contribution in [3.8, 4) is 0 Å². The van der Waals surface area contributed by atoms with E-state index in [1.165, 1.54) is 44.9 Å². The van der Waals surface area contributed by atoms with Gasteiger partial charge in [-0.2, -0.15) is 0 Å². The van der Waals surface area contributed by atoms with Crippen molar-refractivity contribution in [2.75, 3.05) is 0 Å². The number of ketones is 1. The number of fused-ring (bicyclic) bond motifs is 6. The maximum Gasteiger partial charge on any atom is 0.136 e. The van der Waals surface area contributed by atoms with E-state index in [0.717, 1.165) is 37.5 Å². The molecule has 0 aromatic carbocycles. The molecule has 0 aromatic rings. The van der Waals surface area contributed by atoms with Crippen LogP contribution in [0.15, 0.2) is 0 Å². The van der Waals surface area contributed by atoms with Gasteiger partial charge < -0.3 is 9.84 Å². The zero-order valence-electron chi connectivity index (χ0n) is 18.0. The molecular formula is C25H38O3. The van der Waals surface area contributed by atoms with Crippen LogP contribution in [0.5, 0.6) is 0 Å². The molecule has 10 atom stereocenters. The summed E-state index contributed by atoms with van der Waals surface area (Å²) in [5.74, 6) is 3.27. The molecule has 1 heterocycles. The molecule has 156 valence electrons. The summed E-state index contributed by atoms with van der Waals surface area (Å²) in [5, 5.41) is 10.4.